The molecule has 1 amide bonds. The van der Waals surface area contributed by atoms with Gasteiger partial charge in [-0.25, -0.2) is 4.79 Å². The van der Waals surface area contributed by atoms with Crippen LogP contribution in [0, 0.1) is 6.92 Å². The molecule has 0 fully saturated rings. The highest BCUT2D eigenvalue weighted by atomic mass is 35.5. The summed E-state index contributed by atoms with van der Waals surface area (Å²) in [6, 6.07) is 6.80. The molecule has 1 aromatic carbocycles. The van der Waals surface area contributed by atoms with Crippen LogP contribution in [0.3, 0.4) is 0 Å². The van der Waals surface area contributed by atoms with E-state index in [4.69, 9.17) is 16.0 Å². The summed E-state index contributed by atoms with van der Waals surface area (Å²) in [6.45, 7) is 1.61. The number of carbonyl (C=O) groups is 1. The van der Waals surface area contributed by atoms with E-state index in [1.165, 1.54) is 0 Å². The number of hydrogen-bond donors (Lipinski definition) is 3. The Morgan fingerprint density at radius 2 is 2.11 bits per heavy atom. The molecule has 0 saturated carbocycles. The Labute approximate surface area is 161 Å². The average Bonchev–Trinajstić information content (AvgIpc) is 3.04. The van der Waals surface area contributed by atoms with Gasteiger partial charge in [0.25, 0.3) is 10.8 Å². The van der Waals surface area contributed by atoms with Gasteiger partial charge in [-0.2, -0.15) is 0 Å². The summed E-state index contributed by atoms with van der Waals surface area (Å²) in [5.74, 6) is 0.00945. The first-order chi connectivity index (χ1) is 12.9. The van der Waals surface area contributed by atoms with Crippen molar-refractivity contribution >= 4 is 35.0 Å². The van der Waals surface area contributed by atoms with Crippen LogP contribution in [0.5, 0.6) is 0 Å². The molecule has 2 heterocycles. The fourth-order valence-electron chi connectivity index (χ4n) is 2.25. The van der Waals surface area contributed by atoms with Crippen molar-refractivity contribution in [1.82, 2.24) is 20.2 Å². The Bertz CT molecular complexity index is 1090. The highest BCUT2D eigenvalue weighted by Crippen LogP contribution is 2.19. The van der Waals surface area contributed by atoms with Crippen LogP contribution in [0.4, 0.5) is 5.69 Å². The van der Waals surface area contributed by atoms with E-state index < -0.39 is 11.2 Å². The molecule has 11 heteroatoms. The molecule has 0 unspecified atom stereocenters. The zero-order valence-corrected chi connectivity index (χ0v) is 15.6. The minimum absolute atomic E-state index is 0.0619. The number of aryl methyl sites for hydroxylation is 1. The van der Waals surface area contributed by atoms with Gasteiger partial charge in [0.15, 0.2) is 0 Å². The second-order valence-corrected chi connectivity index (χ2v) is 6.86. The van der Waals surface area contributed by atoms with E-state index in [2.05, 4.69) is 25.5 Å². The molecule has 0 spiro atoms. The van der Waals surface area contributed by atoms with Crippen LogP contribution in [0.2, 0.25) is 5.02 Å². The Morgan fingerprint density at radius 1 is 1.30 bits per heavy atom. The molecule has 0 aliphatic rings. The zero-order valence-electron chi connectivity index (χ0n) is 14.0. The summed E-state index contributed by atoms with van der Waals surface area (Å²) in [5.41, 5.74) is 0.260. The van der Waals surface area contributed by atoms with Gasteiger partial charge in [-0.3, -0.25) is 14.6 Å². The van der Waals surface area contributed by atoms with Crippen molar-refractivity contribution in [3.63, 3.8) is 0 Å². The number of hydrogen-bond acceptors (Lipinski definition) is 7. The van der Waals surface area contributed by atoms with E-state index in [1.807, 2.05) is 0 Å². The predicted molar refractivity (Wildman–Crippen MR) is 100 cm³/mol. The highest BCUT2D eigenvalue weighted by Gasteiger charge is 2.14. The van der Waals surface area contributed by atoms with Crippen LogP contribution in [0.1, 0.15) is 17.1 Å². The lowest BCUT2D eigenvalue weighted by atomic mass is 10.2. The minimum Gasteiger partial charge on any atom is -0.416 e. The Balaban J connectivity index is 1.59. The van der Waals surface area contributed by atoms with Crippen molar-refractivity contribution < 1.29 is 9.21 Å². The first-order valence-electron chi connectivity index (χ1n) is 7.73. The van der Waals surface area contributed by atoms with E-state index in [0.29, 0.717) is 22.0 Å². The molecule has 0 bridgehead atoms. The highest BCUT2D eigenvalue weighted by molar-refractivity contribution is 7.99. The van der Waals surface area contributed by atoms with E-state index in [0.717, 1.165) is 11.8 Å². The van der Waals surface area contributed by atoms with E-state index in [-0.39, 0.29) is 29.2 Å². The molecule has 0 aliphatic carbocycles. The second-order valence-electron chi connectivity index (χ2n) is 5.50. The number of nitrogens with zero attached hydrogens (tertiary/aromatic N) is 2. The SMILES string of the molecule is Cc1[nH]c(=O)[nH]c(=O)c1Cc1nnc(SCC(=O)Nc2cccc(Cl)c2)o1. The Morgan fingerprint density at radius 3 is 2.85 bits per heavy atom. The molecule has 9 nitrogen and oxygen atoms in total. The lowest BCUT2D eigenvalue weighted by molar-refractivity contribution is -0.113. The maximum Gasteiger partial charge on any atom is 0.325 e. The maximum atomic E-state index is 12.0. The predicted octanol–water partition coefficient (Wildman–Crippen LogP) is 1.73. The number of carbonyl (C=O) groups excluding carboxylic acids is 1. The number of halogens is 1. The summed E-state index contributed by atoms with van der Waals surface area (Å²) in [4.78, 5) is 39.7. The molecular formula is C16H14ClN5O4S. The van der Waals surface area contributed by atoms with Gasteiger partial charge in [-0.1, -0.05) is 29.4 Å². The molecule has 2 aromatic heterocycles. The maximum absolute atomic E-state index is 12.0. The van der Waals surface area contributed by atoms with Crippen LogP contribution in [-0.4, -0.2) is 31.8 Å². The number of benzene rings is 1. The second kappa shape index (κ2) is 8.23. The van der Waals surface area contributed by atoms with Crippen LogP contribution in [0.25, 0.3) is 0 Å². The van der Waals surface area contributed by atoms with Crippen LogP contribution in [-0.2, 0) is 11.2 Å². The van der Waals surface area contributed by atoms with Gasteiger partial charge in [-0.15, -0.1) is 10.2 Å². The molecule has 3 rings (SSSR count). The van der Waals surface area contributed by atoms with E-state index >= 15 is 0 Å². The fourth-order valence-corrected chi connectivity index (χ4v) is 3.02. The normalized spacial score (nSPS) is 10.7. The Hall–Kier alpha value is -2.85. The summed E-state index contributed by atoms with van der Waals surface area (Å²) < 4.78 is 5.44. The minimum atomic E-state index is -0.575. The van der Waals surface area contributed by atoms with Gasteiger partial charge >= 0.3 is 5.69 Å². The lowest BCUT2D eigenvalue weighted by Crippen LogP contribution is -2.27. The fraction of sp³-hybridized carbons (Fsp3) is 0.188. The number of rotatable bonds is 6. The number of aromatic amines is 2. The van der Waals surface area contributed by atoms with Crippen LogP contribution >= 0.6 is 23.4 Å². The van der Waals surface area contributed by atoms with Crippen molar-refractivity contribution in [2.24, 2.45) is 0 Å². The number of aromatic nitrogens is 4. The smallest absolute Gasteiger partial charge is 0.325 e. The van der Waals surface area contributed by atoms with Gasteiger partial charge in [-0.05, 0) is 25.1 Å². The summed E-state index contributed by atoms with van der Waals surface area (Å²) in [5, 5.41) is 11.1. The van der Waals surface area contributed by atoms with Crippen molar-refractivity contribution in [1.29, 1.82) is 0 Å². The number of anilines is 1. The van der Waals surface area contributed by atoms with E-state index in [9.17, 15) is 14.4 Å². The third-order valence-corrected chi connectivity index (χ3v) is 4.52. The summed E-state index contributed by atoms with van der Waals surface area (Å²) >= 11 is 6.93. The molecule has 0 radical (unpaired) electrons. The average molecular weight is 408 g/mol. The third-order valence-electron chi connectivity index (χ3n) is 3.47. The first-order valence-corrected chi connectivity index (χ1v) is 9.10. The van der Waals surface area contributed by atoms with Gasteiger partial charge in [0.05, 0.1) is 12.2 Å². The van der Waals surface area contributed by atoms with Crippen LogP contribution < -0.4 is 16.6 Å². The number of nitrogens with one attached hydrogen (secondary N) is 3. The lowest BCUT2D eigenvalue weighted by Gasteiger charge is -2.03. The van der Waals surface area contributed by atoms with Crippen molar-refractivity contribution in [2.45, 2.75) is 18.6 Å². The van der Waals surface area contributed by atoms with E-state index in [1.54, 1.807) is 31.2 Å². The largest absolute Gasteiger partial charge is 0.416 e. The zero-order chi connectivity index (χ0) is 19.4. The Kier molecular flexibility index (Phi) is 5.77. The summed E-state index contributed by atoms with van der Waals surface area (Å²) in [7, 11) is 0. The molecular weight excluding hydrogens is 394 g/mol. The number of H-pyrrole nitrogens is 2. The quantitative estimate of drug-likeness (QED) is 0.529. The molecule has 3 N–H and O–H groups in total. The van der Waals surface area contributed by atoms with Crippen molar-refractivity contribution in [3.8, 4) is 0 Å². The number of amides is 1. The molecule has 140 valence electrons. The summed E-state index contributed by atoms with van der Waals surface area (Å²) in [6.07, 6.45) is 0.0697. The first kappa shape index (κ1) is 18.9. The van der Waals surface area contributed by atoms with Gasteiger partial charge in [0.1, 0.15) is 0 Å². The van der Waals surface area contributed by atoms with Gasteiger partial charge < -0.3 is 14.7 Å². The topological polar surface area (TPSA) is 134 Å². The van der Waals surface area contributed by atoms with Crippen molar-refractivity contribution in [3.05, 3.63) is 67.3 Å². The number of thioether (sulfide) groups is 1. The molecule has 0 atom stereocenters. The van der Waals surface area contributed by atoms with Crippen molar-refractivity contribution in [2.75, 3.05) is 11.1 Å². The van der Waals surface area contributed by atoms with Gasteiger partial charge in [0, 0.05) is 22.0 Å². The molecule has 27 heavy (non-hydrogen) atoms. The molecule has 3 aromatic rings. The third kappa shape index (κ3) is 5.08. The van der Waals surface area contributed by atoms with Crippen LogP contribution in [0.15, 0.2) is 43.5 Å². The standard InChI is InChI=1S/C16H14ClN5O4S/c1-8-11(14(24)20-15(25)18-8)6-13-21-22-16(26-13)27-7-12(23)19-10-4-2-3-9(17)5-10/h2-5H,6-7H2,1H3,(H,19,23)(H2,18,20,24,25). The monoisotopic (exact) mass is 407 g/mol. The molecule has 0 saturated heterocycles. The molecule has 0 aliphatic heterocycles. The van der Waals surface area contributed by atoms with Gasteiger partial charge in [0.2, 0.25) is 11.8 Å².